The third kappa shape index (κ3) is 2.56. The summed E-state index contributed by atoms with van der Waals surface area (Å²) in [6.07, 6.45) is 0. The molecule has 3 nitrogen and oxygen atoms in total. The molecule has 0 radical (unpaired) electrons. The maximum Gasteiger partial charge on any atom is 0.123 e. The van der Waals surface area contributed by atoms with Gasteiger partial charge >= 0.3 is 0 Å². The number of nitrogens with one attached hydrogen (secondary N) is 1. The molecule has 0 aliphatic carbocycles. The van der Waals surface area contributed by atoms with Crippen molar-refractivity contribution >= 4 is 11.5 Å². The van der Waals surface area contributed by atoms with Gasteiger partial charge in [-0.3, -0.25) is 10.7 Å². The van der Waals surface area contributed by atoms with Gasteiger partial charge in [0.2, 0.25) is 0 Å². The highest BCUT2D eigenvalue weighted by Crippen LogP contribution is 2.19. The zero-order valence-electron chi connectivity index (χ0n) is 8.13. The van der Waals surface area contributed by atoms with Crippen LogP contribution in [0.4, 0.5) is 5.69 Å². The lowest BCUT2D eigenvalue weighted by atomic mass is 10.1. The average Bonchev–Trinajstić information content (AvgIpc) is 2.11. The van der Waals surface area contributed by atoms with Crippen molar-refractivity contribution in [3.63, 3.8) is 0 Å². The number of rotatable bonds is 1. The maximum atomic E-state index is 8.58. The van der Waals surface area contributed by atoms with Gasteiger partial charge in [0.15, 0.2) is 0 Å². The van der Waals surface area contributed by atoms with Crippen molar-refractivity contribution in [3.05, 3.63) is 29.3 Å². The van der Waals surface area contributed by atoms with Crippen molar-refractivity contribution in [1.82, 2.24) is 5.48 Å². The van der Waals surface area contributed by atoms with Crippen molar-refractivity contribution in [2.75, 3.05) is 0 Å². The first-order valence-electron chi connectivity index (χ1n) is 4.16. The number of amidine groups is 1. The third-order valence-corrected chi connectivity index (χ3v) is 1.81. The summed E-state index contributed by atoms with van der Waals surface area (Å²) >= 11 is 0. The molecule has 0 aromatic heterocycles. The third-order valence-electron chi connectivity index (χ3n) is 1.81. The van der Waals surface area contributed by atoms with Gasteiger partial charge in [0, 0.05) is 0 Å². The molecule has 1 aromatic rings. The fourth-order valence-electron chi connectivity index (χ4n) is 1.05. The monoisotopic (exact) mass is 178 g/mol. The second kappa shape index (κ2) is 4.05. The molecule has 0 aliphatic rings. The number of benzene rings is 1. The number of hydrogen-bond acceptors (Lipinski definition) is 2. The van der Waals surface area contributed by atoms with Gasteiger partial charge in [-0.1, -0.05) is 12.1 Å². The molecule has 1 rings (SSSR count). The Labute approximate surface area is 78.1 Å². The minimum Gasteiger partial charge on any atom is -0.290 e. The molecule has 0 fully saturated rings. The summed E-state index contributed by atoms with van der Waals surface area (Å²) in [4.78, 5) is 4.19. The van der Waals surface area contributed by atoms with E-state index in [-0.39, 0.29) is 0 Å². The SMILES string of the molecule is CC(=Nc1cc(C)ccc1C)NO. The van der Waals surface area contributed by atoms with Gasteiger partial charge in [0.25, 0.3) is 0 Å². The topological polar surface area (TPSA) is 44.6 Å². The molecule has 70 valence electrons. The summed E-state index contributed by atoms with van der Waals surface area (Å²) < 4.78 is 0. The molecule has 0 spiro atoms. The van der Waals surface area contributed by atoms with E-state index >= 15 is 0 Å². The number of aryl methyl sites for hydroxylation is 2. The molecule has 0 saturated heterocycles. The molecule has 0 aliphatic heterocycles. The second-order valence-corrected chi connectivity index (χ2v) is 3.10. The molecular formula is C10H14N2O. The van der Waals surface area contributed by atoms with E-state index in [9.17, 15) is 0 Å². The Bertz CT molecular complexity index is 332. The minimum absolute atomic E-state index is 0.494. The molecular weight excluding hydrogens is 164 g/mol. The fraction of sp³-hybridized carbons (Fsp3) is 0.300. The summed E-state index contributed by atoms with van der Waals surface area (Å²) in [5.41, 5.74) is 5.16. The van der Waals surface area contributed by atoms with Crippen LogP contribution in [0.3, 0.4) is 0 Å². The first-order valence-corrected chi connectivity index (χ1v) is 4.16. The highest BCUT2D eigenvalue weighted by Gasteiger charge is 1.96. The standard InChI is InChI=1S/C10H14N2O/c1-7-4-5-8(2)10(6-7)11-9(3)12-13/h4-6,13H,1-3H3,(H,11,12). The van der Waals surface area contributed by atoms with Gasteiger partial charge in [0.05, 0.1) is 5.69 Å². The Hall–Kier alpha value is -1.35. The van der Waals surface area contributed by atoms with Gasteiger partial charge in [-0.15, -0.1) is 0 Å². The summed E-state index contributed by atoms with van der Waals surface area (Å²) in [5, 5.41) is 8.58. The Morgan fingerprint density at radius 2 is 2.08 bits per heavy atom. The van der Waals surface area contributed by atoms with Crippen LogP contribution in [-0.2, 0) is 0 Å². The Kier molecular flexibility index (Phi) is 3.03. The second-order valence-electron chi connectivity index (χ2n) is 3.10. The first kappa shape index (κ1) is 9.74. The van der Waals surface area contributed by atoms with Crippen LogP contribution < -0.4 is 5.48 Å². The van der Waals surface area contributed by atoms with Gasteiger partial charge in [-0.25, -0.2) is 4.99 Å². The molecule has 0 unspecified atom stereocenters. The van der Waals surface area contributed by atoms with Crippen LogP contribution in [0.5, 0.6) is 0 Å². The van der Waals surface area contributed by atoms with Gasteiger partial charge in [0.1, 0.15) is 5.84 Å². The molecule has 0 amide bonds. The quantitative estimate of drug-likeness (QED) is 0.394. The predicted molar refractivity (Wildman–Crippen MR) is 53.6 cm³/mol. The molecule has 0 bridgehead atoms. The van der Waals surface area contributed by atoms with E-state index in [0.717, 1.165) is 16.8 Å². The van der Waals surface area contributed by atoms with E-state index in [4.69, 9.17) is 5.21 Å². The van der Waals surface area contributed by atoms with Crippen LogP contribution in [0.15, 0.2) is 23.2 Å². The fourth-order valence-corrected chi connectivity index (χ4v) is 1.05. The maximum absolute atomic E-state index is 8.58. The minimum atomic E-state index is 0.494. The smallest absolute Gasteiger partial charge is 0.123 e. The number of hydroxylamine groups is 1. The van der Waals surface area contributed by atoms with E-state index in [2.05, 4.69) is 4.99 Å². The Morgan fingerprint density at radius 3 is 2.69 bits per heavy atom. The number of aliphatic imine (C=N–C) groups is 1. The molecule has 0 saturated carbocycles. The molecule has 0 heterocycles. The number of hydrogen-bond donors (Lipinski definition) is 2. The Balaban J connectivity index is 3.07. The average molecular weight is 178 g/mol. The molecule has 0 atom stereocenters. The van der Waals surface area contributed by atoms with Crippen LogP contribution in [-0.4, -0.2) is 11.0 Å². The van der Waals surface area contributed by atoms with Crippen LogP contribution in [0.2, 0.25) is 0 Å². The van der Waals surface area contributed by atoms with Crippen LogP contribution in [0, 0.1) is 13.8 Å². The lowest BCUT2D eigenvalue weighted by Crippen LogP contribution is -2.13. The van der Waals surface area contributed by atoms with Gasteiger partial charge in [-0.2, -0.15) is 0 Å². The molecule has 2 N–H and O–H groups in total. The van der Waals surface area contributed by atoms with E-state index in [1.807, 2.05) is 37.5 Å². The van der Waals surface area contributed by atoms with E-state index < -0.39 is 0 Å². The van der Waals surface area contributed by atoms with E-state index in [0.29, 0.717) is 5.84 Å². The zero-order valence-corrected chi connectivity index (χ0v) is 8.13. The zero-order chi connectivity index (χ0) is 9.84. The summed E-state index contributed by atoms with van der Waals surface area (Å²) in [5.74, 6) is 0.494. The van der Waals surface area contributed by atoms with Crippen molar-refractivity contribution < 1.29 is 5.21 Å². The van der Waals surface area contributed by atoms with Gasteiger partial charge in [-0.05, 0) is 38.0 Å². The van der Waals surface area contributed by atoms with Crippen molar-refractivity contribution in [1.29, 1.82) is 0 Å². The van der Waals surface area contributed by atoms with Crippen LogP contribution >= 0.6 is 0 Å². The van der Waals surface area contributed by atoms with Crippen molar-refractivity contribution in [2.45, 2.75) is 20.8 Å². The van der Waals surface area contributed by atoms with E-state index in [1.54, 1.807) is 6.92 Å². The lowest BCUT2D eigenvalue weighted by Gasteiger charge is -2.03. The van der Waals surface area contributed by atoms with Crippen LogP contribution in [0.1, 0.15) is 18.1 Å². The molecule has 13 heavy (non-hydrogen) atoms. The highest BCUT2D eigenvalue weighted by molar-refractivity contribution is 5.81. The number of nitrogens with zero attached hydrogens (tertiary/aromatic N) is 1. The first-order chi connectivity index (χ1) is 6.13. The van der Waals surface area contributed by atoms with Gasteiger partial charge < -0.3 is 0 Å². The predicted octanol–water partition coefficient (Wildman–Crippen LogP) is 2.33. The van der Waals surface area contributed by atoms with Crippen molar-refractivity contribution in [2.24, 2.45) is 4.99 Å². The van der Waals surface area contributed by atoms with Crippen LogP contribution in [0.25, 0.3) is 0 Å². The van der Waals surface area contributed by atoms with E-state index in [1.165, 1.54) is 0 Å². The normalized spacial score (nSPS) is 11.5. The van der Waals surface area contributed by atoms with Crippen molar-refractivity contribution in [3.8, 4) is 0 Å². The summed E-state index contributed by atoms with van der Waals surface area (Å²) in [6, 6.07) is 6.03. The Morgan fingerprint density at radius 1 is 1.38 bits per heavy atom. The summed E-state index contributed by atoms with van der Waals surface area (Å²) in [7, 11) is 0. The lowest BCUT2D eigenvalue weighted by molar-refractivity contribution is 0.234. The largest absolute Gasteiger partial charge is 0.290 e. The highest BCUT2D eigenvalue weighted by atomic mass is 16.5. The molecule has 1 aromatic carbocycles. The molecule has 3 heteroatoms. The summed E-state index contributed by atoms with van der Waals surface area (Å²) in [6.45, 7) is 5.71.